The first-order chi connectivity index (χ1) is 13.2. The number of sulfonamides is 1. The molecule has 0 atom stereocenters. The van der Waals surface area contributed by atoms with Gasteiger partial charge < -0.3 is 9.64 Å². The number of hydrogen-bond donors (Lipinski definition) is 1. The molecule has 2 N–H and O–H groups in total. The number of piperidine rings is 1. The SMILES string of the molecule is CC(C)(C)OC(=O)N1CCC(CCS(=O)(=O)c2ccc(S(N)(=O)=O)cc2F)CC1. The van der Waals surface area contributed by atoms with E-state index in [0.29, 0.717) is 38.4 Å². The van der Waals surface area contributed by atoms with Crippen molar-refractivity contribution in [1.82, 2.24) is 4.90 Å². The van der Waals surface area contributed by atoms with Crippen LogP contribution in [-0.2, 0) is 24.6 Å². The van der Waals surface area contributed by atoms with E-state index in [9.17, 15) is 26.0 Å². The first kappa shape index (κ1) is 23.6. The number of ether oxygens (including phenoxy) is 1. The quantitative estimate of drug-likeness (QED) is 0.734. The van der Waals surface area contributed by atoms with Crippen molar-refractivity contribution in [3.05, 3.63) is 24.0 Å². The van der Waals surface area contributed by atoms with Gasteiger partial charge in [0.15, 0.2) is 9.84 Å². The highest BCUT2D eigenvalue weighted by Gasteiger charge is 2.28. The van der Waals surface area contributed by atoms with Gasteiger partial charge >= 0.3 is 6.09 Å². The maximum Gasteiger partial charge on any atom is 0.410 e. The molecule has 1 fully saturated rings. The van der Waals surface area contributed by atoms with Gasteiger partial charge in [-0.25, -0.2) is 31.2 Å². The molecule has 29 heavy (non-hydrogen) atoms. The summed E-state index contributed by atoms with van der Waals surface area (Å²) in [7, 11) is -8.04. The highest BCUT2D eigenvalue weighted by molar-refractivity contribution is 7.91. The molecule has 0 aromatic heterocycles. The molecule has 11 heteroatoms. The number of amides is 1. The molecule has 1 amide bonds. The smallest absolute Gasteiger partial charge is 0.410 e. The van der Waals surface area contributed by atoms with Gasteiger partial charge in [-0.05, 0) is 64.2 Å². The lowest BCUT2D eigenvalue weighted by atomic mass is 9.95. The summed E-state index contributed by atoms with van der Waals surface area (Å²) in [6, 6.07) is 2.52. The molecule has 2 rings (SSSR count). The number of rotatable bonds is 5. The van der Waals surface area contributed by atoms with Crippen molar-refractivity contribution in [2.24, 2.45) is 11.1 Å². The molecule has 1 aromatic rings. The predicted molar refractivity (Wildman–Crippen MR) is 105 cm³/mol. The van der Waals surface area contributed by atoms with Crippen molar-refractivity contribution in [3.8, 4) is 0 Å². The zero-order chi connectivity index (χ0) is 22.0. The molecule has 1 aromatic carbocycles. The van der Waals surface area contributed by atoms with Crippen LogP contribution >= 0.6 is 0 Å². The predicted octanol–water partition coefficient (Wildman–Crippen LogP) is 2.28. The molecule has 1 saturated heterocycles. The van der Waals surface area contributed by atoms with Crippen LogP contribution in [0.5, 0.6) is 0 Å². The number of carbonyl (C=O) groups excluding carboxylic acids is 1. The minimum Gasteiger partial charge on any atom is -0.444 e. The minimum absolute atomic E-state index is 0.0789. The minimum atomic E-state index is -4.12. The second-order valence-corrected chi connectivity index (χ2v) is 11.8. The fourth-order valence-electron chi connectivity index (χ4n) is 3.07. The van der Waals surface area contributed by atoms with Gasteiger partial charge in [-0.2, -0.15) is 0 Å². The van der Waals surface area contributed by atoms with Crippen LogP contribution in [0.25, 0.3) is 0 Å². The number of primary sulfonamides is 1. The van der Waals surface area contributed by atoms with Crippen LogP contribution in [0, 0.1) is 11.7 Å². The Balaban J connectivity index is 1.94. The third kappa shape index (κ3) is 6.65. The van der Waals surface area contributed by atoms with E-state index in [0.717, 1.165) is 12.1 Å². The number of benzene rings is 1. The number of hydrogen-bond acceptors (Lipinski definition) is 6. The summed E-state index contributed by atoms with van der Waals surface area (Å²) in [6.45, 7) is 6.31. The third-order valence-corrected chi connectivity index (χ3v) is 7.31. The Morgan fingerprint density at radius 3 is 2.28 bits per heavy atom. The van der Waals surface area contributed by atoms with Crippen LogP contribution in [0.1, 0.15) is 40.0 Å². The van der Waals surface area contributed by atoms with Crippen molar-refractivity contribution < 1.29 is 30.8 Å². The first-order valence-corrected chi connectivity index (χ1v) is 12.4. The summed E-state index contributed by atoms with van der Waals surface area (Å²) in [4.78, 5) is 12.6. The van der Waals surface area contributed by atoms with Crippen molar-refractivity contribution in [3.63, 3.8) is 0 Å². The van der Waals surface area contributed by atoms with E-state index in [1.165, 1.54) is 0 Å². The largest absolute Gasteiger partial charge is 0.444 e. The molecule has 1 heterocycles. The molecule has 0 aliphatic carbocycles. The lowest BCUT2D eigenvalue weighted by Crippen LogP contribution is -2.41. The average Bonchev–Trinajstić information content (AvgIpc) is 2.58. The summed E-state index contributed by atoms with van der Waals surface area (Å²) in [6.07, 6.45) is 1.19. The average molecular weight is 451 g/mol. The Hall–Kier alpha value is -1.72. The number of nitrogens with zero attached hydrogens (tertiary/aromatic N) is 1. The molecule has 1 aliphatic heterocycles. The van der Waals surface area contributed by atoms with Crippen LogP contribution in [0.3, 0.4) is 0 Å². The lowest BCUT2D eigenvalue weighted by molar-refractivity contribution is 0.0183. The van der Waals surface area contributed by atoms with Crippen molar-refractivity contribution in [2.75, 3.05) is 18.8 Å². The number of carbonyl (C=O) groups is 1. The summed E-state index contributed by atoms with van der Waals surface area (Å²) < 4.78 is 67.0. The van der Waals surface area contributed by atoms with E-state index in [1.807, 2.05) is 0 Å². The van der Waals surface area contributed by atoms with Crippen molar-refractivity contribution in [1.29, 1.82) is 0 Å². The molecular formula is C18H27FN2O6S2. The summed E-state index contributed by atoms with van der Waals surface area (Å²) in [5.74, 6) is -1.33. The van der Waals surface area contributed by atoms with E-state index in [-0.39, 0.29) is 17.8 Å². The molecule has 0 radical (unpaired) electrons. The standard InChI is InChI=1S/C18H27FN2O6S2/c1-18(2,3)27-17(22)21-9-6-13(7-10-21)8-11-28(23,24)16-5-4-14(12-15(16)19)29(20,25)26/h4-5,12-13H,6-11H2,1-3H3,(H2,20,25,26). The molecule has 164 valence electrons. The van der Waals surface area contributed by atoms with E-state index in [1.54, 1.807) is 25.7 Å². The van der Waals surface area contributed by atoms with E-state index >= 15 is 0 Å². The van der Waals surface area contributed by atoms with Crippen LogP contribution in [0.2, 0.25) is 0 Å². The number of nitrogens with two attached hydrogens (primary N) is 1. The Morgan fingerprint density at radius 2 is 1.79 bits per heavy atom. The Kier molecular flexibility index (Phi) is 6.96. The maximum absolute atomic E-state index is 14.2. The fraction of sp³-hybridized carbons (Fsp3) is 0.611. The molecule has 8 nitrogen and oxygen atoms in total. The van der Waals surface area contributed by atoms with Gasteiger partial charge in [0, 0.05) is 13.1 Å². The lowest BCUT2D eigenvalue weighted by Gasteiger charge is -2.33. The third-order valence-electron chi connectivity index (χ3n) is 4.63. The van der Waals surface area contributed by atoms with Crippen molar-refractivity contribution >= 4 is 26.0 Å². The van der Waals surface area contributed by atoms with Crippen molar-refractivity contribution in [2.45, 2.75) is 55.4 Å². The highest BCUT2D eigenvalue weighted by Crippen LogP contribution is 2.25. The normalized spacial score (nSPS) is 16.7. The number of likely N-dealkylation sites (tertiary alicyclic amines) is 1. The van der Waals surface area contributed by atoms with Crippen LogP contribution in [0.4, 0.5) is 9.18 Å². The molecular weight excluding hydrogens is 423 g/mol. The molecule has 0 spiro atoms. The van der Waals surface area contributed by atoms with E-state index < -0.39 is 41.1 Å². The zero-order valence-corrected chi connectivity index (χ0v) is 18.4. The Labute approximate surface area is 171 Å². The van der Waals surface area contributed by atoms with Gasteiger partial charge in [-0.1, -0.05) is 0 Å². The summed E-state index contributed by atoms with van der Waals surface area (Å²) in [5.41, 5.74) is -0.579. The zero-order valence-electron chi connectivity index (χ0n) is 16.7. The van der Waals surface area contributed by atoms with Gasteiger partial charge in [0.05, 0.1) is 10.6 Å². The molecule has 1 aliphatic rings. The second kappa shape index (κ2) is 8.57. The van der Waals surface area contributed by atoms with E-state index in [4.69, 9.17) is 9.88 Å². The Morgan fingerprint density at radius 1 is 1.21 bits per heavy atom. The first-order valence-electron chi connectivity index (χ1n) is 9.22. The number of sulfone groups is 1. The van der Waals surface area contributed by atoms with Crippen LogP contribution in [0.15, 0.2) is 28.0 Å². The monoisotopic (exact) mass is 450 g/mol. The summed E-state index contributed by atoms with van der Waals surface area (Å²) in [5, 5.41) is 4.93. The van der Waals surface area contributed by atoms with Gasteiger partial charge in [-0.15, -0.1) is 0 Å². The van der Waals surface area contributed by atoms with Gasteiger partial charge in [0.1, 0.15) is 16.3 Å². The molecule has 0 saturated carbocycles. The highest BCUT2D eigenvalue weighted by atomic mass is 32.2. The number of halogens is 1. The summed E-state index contributed by atoms with van der Waals surface area (Å²) >= 11 is 0. The van der Waals surface area contributed by atoms with Crippen LogP contribution in [-0.4, -0.2) is 52.3 Å². The van der Waals surface area contributed by atoms with E-state index in [2.05, 4.69) is 0 Å². The van der Waals surface area contributed by atoms with Gasteiger partial charge in [-0.3, -0.25) is 0 Å². The van der Waals surface area contributed by atoms with Gasteiger partial charge in [0.2, 0.25) is 10.0 Å². The topological polar surface area (TPSA) is 124 Å². The Bertz CT molecular complexity index is 963. The fourth-order valence-corrected chi connectivity index (χ4v) is 5.09. The molecule has 0 bridgehead atoms. The second-order valence-electron chi connectivity index (χ2n) is 8.16. The maximum atomic E-state index is 14.2. The van der Waals surface area contributed by atoms with Gasteiger partial charge in [0.25, 0.3) is 0 Å². The molecule has 0 unspecified atom stereocenters. The van der Waals surface area contributed by atoms with Crippen LogP contribution < -0.4 is 5.14 Å².